The van der Waals surface area contributed by atoms with Crippen LogP contribution < -0.4 is 10.6 Å². The molecule has 1 aromatic rings. The number of amides is 1. The number of benzene rings is 1. The third-order valence-electron chi connectivity index (χ3n) is 4.44. The normalized spacial score (nSPS) is 15.4. The molecule has 1 aromatic carbocycles. The standard InChI is InChI=1S/C18H28FN5O.HI/c1-14-12-16(4-5-17(14)19)13-22-18(20-3)21-6-7-23-8-10-24(11-9-23)15(2)25;/h4-5,12H,6-11,13H2,1-3H3,(H2,20,21,22);1H. The van der Waals surface area contributed by atoms with Gasteiger partial charge in [0.15, 0.2) is 5.96 Å². The number of nitrogens with zero attached hydrogens (tertiary/aromatic N) is 3. The lowest BCUT2D eigenvalue weighted by Gasteiger charge is -2.34. The number of aliphatic imine (C=N–C) groups is 1. The Labute approximate surface area is 172 Å². The van der Waals surface area contributed by atoms with Gasteiger partial charge in [-0.1, -0.05) is 12.1 Å². The van der Waals surface area contributed by atoms with Gasteiger partial charge in [-0.25, -0.2) is 4.39 Å². The smallest absolute Gasteiger partial charge is 0.219 e. The highest BCUT2D eigenvalue weighted by Gasteiger charge is 2.17. The lowest BCUT2D eigenvalue weighted by Crippen LogP contribution is -2.50. The molecule has 26 heavy (non-hydrogen) atoms. The molecule has 1 heterocycles. The molecule has 0 aliphatic carbocycles. The Morgan fingerprint density at radius 2 is 1.92 bits per heavy atom. The van der Waals surface area contributed by atoms with E-state index < -0.39 is 0 Å². The molecule has 146 valence electrons. The van der Waals surface area contributed by atoms with Crippen LogP contribution in [0.2, 0.25) is 0 Å². The zero-order valence-corrected chi connectivity index (χ0v) is 18.0. The number of halogens is 2. The fourth-order valence-electron chi connectivity index (χ4n) is 2.84. The van der Waals surface area contributed by atoms with E-state index in [-0.39, 0.29) is 35.7 Å². The summed E-state index contributed by atoms with van der Waals surface area (Å²) in [6.45, 7) is 9.07. The summed E-state index contributed by atoms with van der Waals surface area (Å²) in [7, 11) is 1.73. The number of piperazine rings is 1. The lowest BCUT2D eigenvalue weighted by atomic mass is 10.1. The summed E-state index contributed by atoms with van der Waals surface area (Å²) in [6.07, 6.45) is 0. The van der Waals surface area contributed by atoms with Gasteiger partial charge >= 0.3 is 0 Å². The first-order chi connectivity index (χ1) is 12.0. The highest BCUT2D eigenvalue weighted by Crippen LogP contribution is 2.08. The number of carbonyl (C=O) groups excluding carboxylic acids is 1. The number of rotatable bonds is 5. The van der Waals surface area contributed by atoms with Crippen LogP contribution in [0.3, 0.4) is 0 Å². The van der Waals surface area contributed by atoms with Gasteiger partial charge in [-0.2, -0.15) is 0 Å². The first kappa shape index (κ1) is 22.6. The van der Waals surface area contributed by atoms with Crippen LogP contribution in [0.1, 0.15) is 18.1 Å². The highest BCUT2D eigenvalue weighted by molar-refractivity contribution is 14.0. The Hall–Kier alpha value is -1.42. The summed E-state index contributed by atoms with van der Waals surface area (Å²) >= 11 is 0. The average Bonchev–Trinajstić information content (AvgIpc) is 2.61. The predicted molar refractivity (Wildman–Crippen MR) is 113 cm³/mol. The van der Waals surface area contributed by atoms with Crippen LogP contribution in [-0.4, -0.2) is 68.0 Å². The van der Waals surface area contributed by atoms with Crippen molar-refractivity contribution in [2.75, 3.05) is 46.3 Å². The molecule has 0 saturated carbocycles. The fraction of sp³-hybridized carbons (Fsp3) is 0.556. The van der Waals surface area contributed by atoms with Crippen molar-refractivity contribution in [3.05, 3.63) is 35.1 Å². The van der Waals surface area contributed by atoms with Crippen molar-refractivity contribution in [1.82, 2.24) is 20.4 Å². The van der Waals surface area contributed by atoms with Gasteiger partial charge in [-0.05, 0) is 24.1 Å². The van der Waals surface area contributed by atoms with Gasteiger partial charge < -0.3 is 15.5 Å². The zero-order chi connectivity index (χ0) is 18.2. The molecule has 0 radical (unpaired) electrons. The van der Waals surface area contributed by atoms with E-state index in [1.165, 1.54) is 6.07 Å². The van der Waals surface area contributed by atoms with Gasteiger partial charge in [-0.3, -0.25) is 14.7 Å². The summed E-state index contributed by atoms with van der Waals surface area (Å²) in [5.41, 5.74) is 1.66. The molecule has 6 nitrogen and oxygen atoms in total. The van der Waals surface area contributed by atoms with Crippen molar-refractivity contribution in [3.8, 4) is 0 Å². The molecular formula is C18H29FIN5O. The minimum absolute atomic E-state index is 0. The van der Waals surface area contributed by atoms with E-state index in [4.69, 9.17) is 0 Å². The van der Waals surface area contributed by atoms with Crippen molar-refractivity contribution >= 4 is 35.8 Å². The van der Waals surface area contributed by atoms with Crippen LogP contribution in [0.5, 0.6) is 0 Å². The van der Waals surface area contributed by atoms with E-state index in [1.807, 2.05) is 11.0 Å². The van der Waals surface area contributed by atoms with Crippen LogP contribution in [0.15, 0.2) is 23.2 Å². The molecule has 1 amide bonds. The summed E-state index contributed by atoms with van der Waals surface area (Å²) in [5, 5.41) is 6.53. The molecule has 8 heteroatoms. The number of nitrogens with one attached hydrogen (secondary N) is 2. The summed E-state index contributed by atoms with van der Waals surface area (Å²) < 4.78 is 13.3. The van der Waals surface area contributed by atoms with E-state index in [0.29, 0.717) is 12.1 Å². The van der Waals surface area contributed by atoms with E-state index in [0.717, 1.165) is 50.8 Å². The Kier molecular flexibility index (Phi) is 9.85. The number of aryl methyl sites for hydroxylation is 1. The van der Waals surface area contributed by atoms with Crippen molar-refractivity contribution in [2.24, 2.45) is 4.99 Å². The van der Waals surface area contributed by atoms with E-state index in [1.54, 1.807) is 27.0 Å². The lowest BCUT2D eigenvalue weighted by molar-refractivity contribution is -0.130. The van der Waals surface area contributed by atoms with Gasteiger partial charge in [-0.15, -0.1) is 24.0 Å². The maximum absolute atomic E-state index is 13.3. The molecule has 0 bridgehead atoms. The maximum atomic E-state index is 13.3. The van der Waals surface area contributed by atoms with E-state index in [2.05, 4.69) is 20.5 Å². The van der Waals surface area contributed by atoms with Gasteiger partial charge in [0.25, 0.3) is 0 Å². The molecule has 0 atom stereocenters. The van der Waals surface area contributed by atoms with Crippen molar-refractivity contribution in [2.45, 2.75) is 20.4 Å². The summed E-state index contributed by atoms with van der Waals surface area (Å²) in [6, 6.07) is 5.10. The monoisotopic (exact) mass is 477 g/mol. The average molecular weight is 477 g/mol. The largest absolute Gasteiger partial charge is 0.355 e. The first-order valence-electron chi connectivity index (χ1n) is 8.67. The van der Waals surface area contributed by atoms with Crippen LogP contribution in [0.4, 0.5) is 4.39 Å². The Balaban J connectivity index is 0.00000338. The Bertz CT molecular complexity index is 618. The van der Waals surface area contributed by atoms with Gasteiger partial charge in [0, 0.05) is 59.8 Å². The van der Waals surface area contributed by atoms with Crippen LogP contribution >= 0.6 is 24.0 Å². The minimum Gasteiger partial charge on any atom is -0.355 e. The molecule has 2 N–H and O–H groups in total. The SMILES string of the molecule is CN=C(NCCN1CCN(C(C)=O)CC1)NCc1ccc(F)c(C)c1.I. The number of hydrogen-bond acceptors (Lipinski definition) is 3. The topological polar surface area (TPSA) is 60.0 Å². The van der Waals surface area contributed by atoms with E-state index in [9.17, 15) is 9.18 Å². The summed E-state index contributed by atoms with van der Waals surface area (Å²) in [4.78, 5) is 19.8. The first-order valence-corrected chi connectivity index (χ1v) is 8.67. The van der Waals surface area contributed by atoms with Crippen molar-refractivity contribution in [3.63, 3.8) is 0 Å². The Morgan fingerprint density at radius 3 is 2.50 bits per heavy atom. The number of guanidine groups is 1. The van der Waals surface area contributed by atoms with Crippen LogP contribution in [0, 0.1) is 12.7 Å². The second-order valence-corrected chi connectivity index (χ2v) is 6.28. The molecule has 1 aliphatic heterocycles. The molecule has 1 fully saturated rings. The number of hydrogen-bond donors (Lipinski definition) is 2. The predicted octanol–water partition coefficient (Wildman–Crippen LogP) is 1.58. The Morgan fingerprint density at radius 1 is 1.23 bits per heavy atom. The third kappa shape index (κ3) is 7.06. The molecule has 0 unspecified atom stereocenters. The molecule has 1 aliphatic rings. The fourth-order valence-corrected chi connectivity index (χ4v) is 2.84. The maximum Gasteiger partial charge on any atom is 0.219 e. The quantitative estimate of drug-likeness (QED) is 0.384. The van der Waals surface area contributed by atoms with Crippen molar-refractivity contribution in [1.29, 1.82) is 0 Å². The minimum atomic E-state index is -0.184. The zero-order valence-electron chi connectivity index (χ0n) is 15.7. The molecule has 2 rings (SSSR count). The summed E-state index contributed by atoms with van der Waals surface area (Å²) in [5.74, 6) is 0.693. The second kappa shape index (κ2) is 11.3. The molecule has 1 saturated heterocycles. The van der Waals surface area contributed by atoms with Gasteiger partial charge in [0.2, 0.25) is 5.91 Å². The second-order valence-electron chi connectivity index (χ2n) is 6.28. The number of carbonyl (C=O) groups is 1. The molecule has 0 aromatic heterocycles. The molecule has 0 spiro atoms. The van der Waals surface area contributed by atoms with Crippen molar-refractivity contribution < 1.29 is 9.18 Å². The van der Waals surface area contributed by atoms with Gasteiger partial charge in [0.05, 0.1) is 0 Å². The van der Waals surface area contributed by atoms with Crippen LogP contribution in [-0.2, 0) is 11.3 Å². The van der Waals surface area contributed by atoms with Crippen LogP contribution in [0.25, 0.3) is 0 Å². The highest BCUT2D eigenvalue weighted by atomic mass is 127. The molecular weight excluding hydrogens is 448 g/mol. The van der Waals surface area contributed by atoms with Gasteiger partial charge in [0.1, 0.15) is 5.82 Å². The third-order valence-corrected chi connectivity index (χ3v) is 4.44. The van der Waals surface area contributed by atoms with E-state index >= 15 is 0 Å².